The second-order valence-corrected chi connectivity index (χ2v) is 6.63. The SMILES string of the molecule is C=C/C=C(\C=C)N(c1nccs1)C1CCN(C(=O)/C(C=C)=C/C=C\C)C1. The smallest absolute Gasteiger partial charge is 0.253 e. The van der Waals surface area contributed by atoms with Crippen LogP contribution in [0, 0.1) is 0 Å². The highest BCUT2D eigenvalue weighted by Gasteiger charge is 2.33. The van der Waals surface area contributed by atoms with Crippen molar-refractivity contribution in [3.63, 3.8) is 0 Å². The van der Waals surface area contributed by atoms with Crippen molar-refractivity contribution in [2.75, 3.05) is 18.0 Å². The van der Waals surface area contributed by atoms with Crippen molar-refractivity contribution >= 4 is 22.4 Å². The Labute approximate surface area is 159 Å². The highest BCUT2D eigenvalue weighted by Crippen LogP contribution is 2.30. The standard InChI is InChI=1S/C21H25N3OS/c1-5-9-11-17(7-3)20(25)23-14-12-19(16-23)24(18(8-4)10-6-2)21-22-13-15-26-21/h5-11,13,15,19H,2-4,12,14,16H2,1H3/b9-5-,17-11+,18-10+. The van der Waals surface area contributed by atoms with Gasteiger partial charge in [-0.15, -0.1) is 11.3 Å². The fourth-order valence-corrected chi connectivity index (χ4v) is 3.66. The van der Waals surface area contributed by atoms with Crippen molar-refractivity contribution in [2.45, 2.75) is 19.4 Å². The fourth-order valence-electron chi connectivity index (χ4n) is 2.93. The van der Waals surface area contributed by atoms with Gasteiger partial charge in [0.1, 0.15) is 0 Å². The van der Waals surface area contributed by atoms with E-state index < -0.39 is 0 Å². The molecule has 1 saturated heterocycles. The van der Waals surface area contributed by atoms with E-state index in [-0.39, 0.29) is 11.9 Å². The average molecular weight is 368 g/mol. The molecule has 2 rings (SSSR count). The van der Waals surface area contributed by atoms with E-state index in [1.54, 1.807) is 41.8 Å². The Hall–Kier alpha value is -2.66. The molecule has 1 atom stereocenters. The number of allylic oxidation sites excluding steroid dienone is 6. The number of carbonyl (C=O) groups excluding carboxylic acids is 1. The van der Waals surface area contributed by atoms with Gasteiger partial charge < -0.3 is 9.80 Å². The van der Waals surface area contributed by atoms with Crippen LogP contribution in [0.4, 0.5) is 5.13 Å². The number of nitrogens with zero attached hydrogens (tertiary/aromatic N) is 3. The normalized spacial score (nSPS) is 18.2. The van der Waals surface area contributed by atoms with Crippen LogP contribution in [0.2, 0.25) is 0 Å². The summed E-state index contributed by atoms with van der Waals surface area (Å²) < 4.78 is 0. The minimum Gasteiger partial charge on any atom is -0.336 e. The molecule has 4 nitrogen and oxygen atoms in total. The van der Waals surface area contributed by atoms with Gasteiger partial charge in [-0.05, 0) is 31.6 Å². The second kappa shape index (κ2) is 9.73. The van der Waals surface area contributed by atoms with Crippen molar-refractivity contribution in [3.05, 3.63) is 85.1 Å². The zero-order valence-electron chi connectivity index (χ0n) is 15.2. The van der Waals surface area contributed by atoms with E-state index >= 15 is 0 Å². The van der Waals surface area contributed by atoms with Crippen LogP contribution in [-0.4, -0.2) is 34.9 Å². The average Bonchev–Trinajstić information content (AvgIpc) is 3.34. The lowest BCUT2D eigenvalue weighted by Gasteiger charge is -2.29. The van der Waals surface area contributed by atoms with Crippen LogP contribution < -0.4 is 4.90 Å². The molecule has 1 fully saturated rings. The molecule has 0 aromatic carbocycles. The predicted octanol–water partition coefficient (Wildman–Crippen LogP) is 4.49. The highest BCUT2D eigenvalue weighted by molar-refractivity contribution is 7.13. The first-order valence-electron chi connectivity index (χ1n) is 8.54. The lowest BCUT2D eigenvalue weighted by Crippen LogP contribution is -2.38. The Kier molecular flexibility index (Phi) is 7.36. The third kappa shape index (κ3) is 4.49. The van der Waals surface area contributed by atoms with Gasteiger partial charge in [-0.2, -0.15) is 0 Å². The van der Waals surface area contributed by atoms with Gasteiger partial charge in [0.2, 0.25) is 0 Å². The number of amides is 1. The lowest BCUT2D eigenvalue weighted by molar-refractivity contribution is -0.125. The van der Waals surface area contributed by atoms with Gasteiger partial charge in [-0.3, -0.25) is 4.79 Å². The first kappa shape index (κ1) is 19.7. The monoisotopic (exact) mass is 367 g/mol. The van der Waals surface area contributed by atoms with E-state index in [4.69, 9.17) is 0 Å². The summed E-state index contributed by atoms with van der Waals surface area (Å²) in [6.07, 6.45) is 15.3. The minimum atomic E-state index is 0.00698. The van der Waals surface area contributed by atoms with Crippen LogP contribution >= 0.6 is 11.3 Å². The summed E-state index contributed by atoms with van der Waals surface area (Å²) in [5.41, 5.74) is 1.54. The number of anilines is 1. The molecule has 0 bridgehead atoms. The Balaban J connectivity index is 2.24. The number of hydrogen-bond donors (Lipinski definition) is 0. The molecule has 1 amide bonds. The quantitative estimate of drug-likeness (QED) is 0.501. The van der Waals surface area contributed by atoms with Gasteiger partial charge >= 0.3 is 0 Å². The maximum Gasteiger partial charge on any atom is 0.253 e. The van der Waals surface area contributed by atoms with Gasteiger partial charge in [0, 0.05) is 35.9 Å². The van der Waals surface area contributed by atoms with E-state index in [1.165, 1.54) is 0 Å². The molecule has 0 saturated carbocycles. The van der Waals surface area contributed by atoms with Crippen molar-refractivity contribution < 1.29 is 4.79 Å². The van der Waals surface area contributed by atoms with E-state index in [2.05, 4.69) is 29.6 Å². The maximum absolute atomic E-state index is 12.8. The summed E-state index contributed by atoms with van der Waals surface area (Å²) >= 11 is 1.57. The largest absolute Gasteiger partial charge is 0.336 e. The third-order valence-corrected chi connectivity index (χ3v) is 4.92. The highest BCUT2D eigenvalue weighted by atomic mass is 32.1. The van der Waals surface area contributed by atoms with Gasteiger partial charge in [-0.1, -0.05) is 44.0 Å². The molecule has 1 unspecified atom stereocenters. The number of aromatic nitrogens is 1. The molecule has 1 aromatic rings. The van der Waals surface area contributed by atoms with Crippen LogP contribution in [0.3, 0.4) is 0 Å². The summed E-state index contributed by atoms with van der Waals surface area (Å²) in [5, 5.41) is 2.84. The zero-order chi connectivity index (χ0) is 18.9. The Morgan fingerprint density at radius 1 is 1.35 bits per heavy atom. The summed E-state index contributed by atoms with van der Waals surface area (Å²) in [6, 6.07) is 0.141. The predicted molar refractivity (Wildman–Crippen MR) is 111 cm³/mol. The van der Waals surface area contributed by atoms with Crippen LogP contribution in [0.15, 0.2) is 85.1 Å². The summed E-state index contributed by atoms with van der Waals surface area (Å²) in [4.78, 5) is 21.2. The molecule has 0 aliphatic carbocycles. The Morgan fingerprint density at radius 2 is 2.15 bits per heavy atom. The molecule has 0 spiro atoms. The zero-order valence-corrected chi connectivity index (χ0v) is 16.0. The molecule has 1 aliphatic heterocycles. The number of hydrogen-bond acceptors (Lipinski definition) is 4. The molecule has 0 radical (unpaired) electrons. The van der Waals surface area contributed by atoms with E-state index in [1.807, 2.05) is 35.4 Å². The van der Waals surface area contributed by atoms with Crippen molar-refractivity contribution in [3.8, 4) is 0 Å². The van der Waals surface area contributed by atoms with Gasteiger partial charge in [0.05, 0.1) is 6.04 Å². The van der Waals surface area contributed by atoms with Crippen LogP contribution in [-0.2, 0) is 4.79 Å². The summed E-state index contributed by atoms with van der Waals surface area (Å²) in [5.74, 6) is 0.00698. The topological polar surface area (TPSA) is 36.4 Å². The number of rotatable bonds is 8. The Morgan fingerprint density at radius 3 is 2.73 bits per heavy atom. The first-order chi connectivity index (χ1) is 12.7. The molecule has 1 aromatic heterocycles. The number of thiazole rings is 1. The van der Waals surface area contributed by atoms with Crippen LogP contribution in [0.1, 0.15) is 13.3 Å². The van der Waals surface area contributed by atoms with E-state index in [9.17, 15) is 4.79 Å². The number of carbonyl (C=O) groups is 1. The van der Waals surface area contributed by atoms with E-state index in [0.717, 1.165) is 17.2 Å². The molecular formula is C21H25N3OS. The molecule has 2 heterocycles. The summed E-state index contributed by atoms with van der Waals surface area (Å²) in [7, 11) is 0. The molecule has 1 aliphatic rings. The first-order valence-corrected chi connectivity index (χ1v) is 9.42. The molecule has 26 heavy (non-hydrogen) atoms. The third-order valence-electron chi connectivity index (χ3n) is 4.15. The van der Waals surface area contributed by atoms with Gasteiger partial charge in [-0.25, -0.2) is 4.98 Å². The van der Waals surface area contributed by atoms with Crippen molar-refractivity contribution in [1.82, 2.24) is 9.88 Å². The van der Waals surface area contributed by atoms with Gasteiger partial charge in [0.25, 0.3) is 5.91 Å². The van der Waals surface area contributed by atoms with Crippen LogP contribution in [0.5, 0.6) is 0 Å². The van der Waals surface area contributed by atoms with Crippen molar-refractivity contribution in [1.29, 1.82) is 0 Å². The second-order valence-electron chi connectivity index (χ2n) is 5.76. The lowest BCUT2D eigenvalue weighted by atomic mass is 10.2. The fraction of sp³-hybridized carbons (Fsp3) is 0.238. The number of likely N-dealkylation sites (tertiary alicyclic amines) is 1. The minimum absolute atomic E-state index is 0.00698. The summed E-state index contributed by atoms with van der Waals surface area (Å²) in [6.45, 7) is 14.7. The Bertz CT molecular complexity index is 743. The maximum atomic E-state index is 12.8. The van der Waals surface area contributed by atoms with Gasteiger partial charge in [0.15, 0.2) is 5.13 Å². The van der Waals surface area contributed by atoms with Crippen LogP contribution in [0.25, 0.3) is 0 Å². The molecular weight excluding hydrogens is 342 g/mol. The molecule has 5 heteroatoms. The molecule has 136 valence electrons. The molecule has 0 N–H and O–H groups in total. The van der Waals surface area contributed by atoms with Crippen molar-refractivity contribution in [2.24, 2.45) is 0 Å². The van der Waals surface area contributed by atoms with E-state index in [0.29, 0.717) is 18.7 Å².